The summed E-state index contributed by atoms with van der Waals surface area (Å²) < 4.78 is 5.10. The van der Waals surface area contributed by atoms with Crippen LogP contribution in [0.4, 0.5) is 0 Å². The van der Waals surface area contributed by atoms with Crippen LogP contribution in [-0.4, -0.2) is 38.0 Å². The van der Waals surface area contributed by atoms with E-state index in [1.807, 2.05) is 27.7 Å². The summed E-state index contributed by atoms with van der Waals surface area (Å²) in [6, 6.07) is 0. The third-order valence-electron chi connectivity index (χ3n) is 1.87. The molecule has 108 valence electrons. The second-order valence-corrected chi connectivity index (χ2v) is 3.15. The lowest BCUT2D eigenvalue weighted by atomic mass is 10.2. The molecule has 3 nitrogen and oxygen atoms in total. The topological polar surface area (TPSA) is 41.5 Å². The highest BCUT2D eigenvalue weighted by Gasteiger charge is 1.89. The number of unbranched alkanes of at least 4 members (excludes halogenated alkanes) is 3. The molecule has 0 spiro atoms. The fraction of sp³-hybridized carbons (Fsp3) is 1.00. The van der Waals surface area contributed by atoms with E-state index in [9.17, 15) is 0 Å². The minimum absolute atomic E-state index is 0.122. The molecule has 0 aromatic heterocycles. The summed E-state index contributed by atoms with van der Waals surface area (Å²) in [6.45, 7) is 13.5. The zero-order valence-corrected chi connectivity index (χ0v) is 12.7. The Morgan fingerprint density at radius 2 is 1.53 bits per heavy atom. The number of aliphatic hydroxyl groups excluding tert-OH is 1. The lowest BCUT2D eigenvalue weighted by Crippen LogP contribution is -2.21. The van der Waals surface area contributed by atoms with Crippen LogP contribution in [0.1, 0.15) is 60.3 Å². The van der Waals surface area contributed by atoms with Gasteiger partial charge < -0.3 is 15.2 Å². The van der Waals surface area contributed by atoms with Gasteiger partial charge in [-0.15, -0.1) is 0 Å². The lowest BCUT2D eigenvalue weighted by molar-refractivity contribution is 0.0939. The smallest absolute Gasteiger partial charge is 0.0698 e. The normalized spacial score (nSPS) is 8.82. The van der Waals surface area contributed by atoms with Crippen LogP contribution >= 0.6 is 0 Å². The average molecular weight is 249 g/mol. The SMILES string of the molecule is CC.CC.CCCCCCNCCOCCO. The predicted molar refractivity (Wildman–Crippen MR) is 77.6 cm³/mol. The molecule has 0 fully saturated rings. The molecule has 0 saturated heterocycles. The van der Waals surface area contributed by atoms with Gasteiger partial charge in [-0.05, 0) is 13.0 Å². The first kappa shape index (κ1) is 22.1. The zero-order valence-electron chi connectivity index (χ0n) is 12.7. The van der Waals surface area contributed by atoms with Crippen LogP contribution in [-0.2, 0) is 4.74 Å². The van der Waals surface area contributed by atoms with Gasteiger partial charge in [0.15, 0.2) is 0 Å². The summed E-state index contributed by atoms with van der Waals surface area (Å²) in [5.74, 6) is 0. The van der Waals surface area contributed by atoms with Crippen LogP contribution in [0.15, 0.2) is 0 Å². The molecular formula is C14H35NO2. The first-order chi connectivity index (χ1) is 8.41. The minimum Gasteiger partial charge on any atom is -0.394 e. The van der Waals surface area contributed by atoms with E-state index in [0.29, 0.717) is 13.2 Å². The largest absolute Gasteiger partial charge is 0.394 e. The molecule has 0 heterocycles. The Bertz CT molecular complexity index is 80.3. The monoisotopic (exact) mass is 249 g/mol. The van der Waals surface area contributed by atoms with Gasteiger partial charge in [0, 0.05) is 6.54 Å². The van der Waals surface area contributed by atoms with Crippen molar-refractivity contribution in [3.63, 3.8) is 0 Å². The molecule has 0 radical (unpaired) electrons. The Hall–Kier alpha value is -0.120. The molecule has 0 saturated carbocycles. The van der Waals surface area contributed by atoms with Crippen LogP contribution < -0.4 is 5.32 Å². The van der Waals surface area contributed by atoms with Gasteiger partial charge in [0.05, 0.1) is 19.8 Å². The quantitative estimate of drug-likeness (QED) is 0.584. The molecule has 0 amide bonds. The highest BCUT2D eigenvalue weighted by atomic mass is 16.5. The maximum Gasteiger partial charge on any atom is 0.0698 e. The second kappa shape index (κ2) is 29.7. The summed E-state index contributed by atoms with van der Waals surface area (Å²) in [5.41, 5.74) is 0. The molecule has 0 aromatic carbocycles. The number of hydrogen-bond acceptors (Lipinski definition) is 3. The number of rotatable bonds is 10. The van der Waals surface area contributed by atoms with Crippen molar-refractivity contribution in [2.75, 3.05) is 32.9 Å². The number of aliphatic hydroxyl groups is 1. The van der Waals surface area contributed by atoms with Crippen LogP contribution in [0.3, 0.4) is 0 Å². The van der Waals surface area contributed by atoms with Crippen LogP contribution in [0, 0.1) is 0 Å². The van der Waals surface area contributed by atoms with Gasteiger partial charge in [-0.25, -0.2) is 0 Å². The van der Waals surface area contributed by atoms with E-state index in [1.165, 1.54) is 25.7 Å². The second-order valence-electron chi connectivity index (χ2n) is 3.15. The standard InChI is InChI=1S/C10H23NO2.2C2H6/c1-2-3-4-5-6-11-7-9-13-10-8-12;2*1-2/h11-12H,2-10H2,1H3;2*1-2H3. The first-order valence-electron chi connectivity index (χ1n) is 7.31. The van der Waals surface area contributed by atoms with Gasteiger partial charge in [0.25, 0.3) is 0 Å². The molecule has 0 aliphatic rings. The molecule has 0 aliphatic heterocycles. The van der Waals surface area contributed by atoms with E-state index in [0.717, 1.165) is 13.1 Å². The Balaban J connectivity index is -0.000000439. The van der Waals surface area contributed by atoms with Gasteiger partial charge in [-0.1, -0.05) is 53.9 Å². The summed E-state index contributed by atoms with van der Waals surface area (Å²) in [5, 5.41) is 11.7. The lowest BCUT2D eigenvalue weighted by Gasteiger charge is -2.04. The van der Waals surface area contributed by atoms with Gasteiger partial charge in [-0.2, -0.15) is 0 Å². The van der Waals surface area contributed by atoms with Crippen molar-refractivity contribution >= 4 is 0 Å². The number of nitrogens with one attached hydrogen (secondary N) is 1. The molecule has 0 bridgehead atoms. The fourth-order valence-electron chi connectivity index (χ4n) is 1.11. The Morgan fingerprint density at radius 3 is 2.06 bits per heavy atom. The molecule has 0 aromatic rings. The van der Waals surface area contributed by atoms with E-state index in [4.69, 9.17) is 9.84 Å². The first-order valence-corrected chi connectivity index (χ1v) is 7.31. The van der Waals surface area contributed by atoms with Crippen molar-refractivity contribution in [1.29, 1.82) is 0 Å². The van der Waals surface area contributed by atoms with Crippen LogP contribution in [0.2, 0.25) is 0 Å². The highest BCUT2D eigenvalue weighted by molar-refractivity contribution is 4.47. The number of ether oxygens (including phenoxy) is 1. The van der Waals surface area contributed by atoms with E-state index in [-0.39, 0.29) is 6.61 Å². The number of hydrogen-bond donors (Lipinski definition) is 2. The summed E-state index contributed by atoms with van der Waals surface area (Å²) >= 11 is 0. The third-order valence-corrected chi connectivity index (χ3v) is 1.87. The Labute approximate surface area is 109 Å². The Kier molecular flexibility index (Phi) is 38.6. The summed E-state index contributed by atoms with van der Waals surface area (Å²) in [7, 11) is 0. The molecular weight excluding hydrogens is 214 g/mol. The third kappa shape index (κ3) is 31.3. The van der Waals surface area contributed by atoms with E-state index >= 15 is 0 Å². The molecule has 0 unspecified atom stereocenters. The van der Waals surface area contributed by atoms with E-state index in [1.54, 1.807) is 0 Å². The molecule has 2 N–H and O–H groups in total. The minimum atomic E-state index is 0.122. The van der Waals surface area contributed by atoms with Crippen molar-refractivity contribution in [2.45, 2.75) is 60.3 Å². The van der Waals surface area contributed by atoms with Crippen molar-refractivity contribution in [1.82, 2.24) is 5.32 Å². The summed E-state index contributed by atoms with van der Waals surface area (Å²) in [4.78, 5) is 0. The van der Waals surface area contributed by atoms with Crippen molar-refractivity contribution in [2.24, 2.45) is 0 Å². The molecule has 0 aliphatic carbocycles. The Morgan fingerprint density at radius 1 is 0.882 bits per heavy atom. The van der Waals surface area contributed by atoms with Crippen LogP contribution in [0.5, 0.6) is 0 Å². The van der Waals surface area contributed by atoms with Crippen molar-refractivity contribution < 1.29 is 9.84 Å². The molecule has 0 atom stereocenters. The maximum atomic E-state index is 8.42. The van der Waals surface area contributed by atoms with Crippen LogP contribution in [0.25, 0.3) is 0 Å². The van der Waals surface area contributed by atoms with Gasteiger partial charge >= 0.3 is 0 Å². The van der Waals surface area contributed by atoms with Gasteiger partial charge in [0.2, 0.25) is 0 Å². The molecule has 3 heteroatoms. The fourth-order valence-corrected chi connectivity index (χ4v) is 1.11. The summed E-state index contributed by atoms with van der Waals surface area (Å²) in [6.07, 6.45) is 5.21. The average Bonchev–Trinajstić information content (AvgIpc) is 2.42. The predicted octanol–water partition coefficient (Wildman–Crippen LogP) is 3.22. The van der Waals surface area contributed by atoms with Crippen molar-refractivity contribution in [3.8, 4) is 0 Å². The molecule has 0 rings (SSSR count). The maximum absolute atomic E-state index is 8.42. The molecule has 17 heavy (non-hydrogen) atoms. The highest BCUT2D eigenvalue weighted by Crippen LogP contribution is 1.96. The van der Waals surface area contributed by atoms with Gasteiger partial charge in [0.1, 0.15) is 0 Å². The van der Waals surface area contributed by atoms with E-state index < -0.39 is 0 Å². The van der Waals surface area contributed by atoms with Gasteiger partial charge in [-0.3, -0.25) is 0 Å². The van der Waals surface area contributed by atoms with E-state index in [2.05, 4.69) is 12.2 Å². The van der Waals surface area contributed by atoms with Crippen molar-refractivity contribution in [3.05, 3.63) is 0 Å². The zero-order chi connectivity index (χ0) is 13.8.